The molecule has 0 bridgehead atoms. The average molecular weight is 354 g/mol. The van der Waals surface area contributed by atoms with Crippen LogP contribution in [0.5, 0.6) is 0 Å². The lowest BCUT2D eigenvalue weighted by atomic mass is 10.1. The van der Waals surface area contributed by atoms with Crippen LogP contribution in [0.1, 0.15) is 5.56 Å². The van der Waals surface area contributed by atoms with Crippen molar-refractivity contribution < 1.29 is 4.79 Å². The molecule has 0 saturated carbocycles. The molecule has 0 unspecified atom stereocenters. The zero-order chi connectivity index (χ0) is 15.1. The van der Waals surface area contributed by atoms with Crippen molar-refractivity contribution in [2.75, 3.05) is 5.32 Å². The maximum Gasteiger partial charge on any atom is 0.228 e. The number of para-hydroxylation sites is 1. The number of hydrogen-bond donors (Lipinski definition) is 1. The lowest BCUT2D eigenvalue weighted by Gasteiger charge is -2.11. The summed E-state index contributed by atoms with van der Waals surface area (Å²) in [5.41, 5.74) is 4.68. The second-order valence-electron chi connectivity index (χ2n) is 5.18. The molecule has 4 nitrogen and oxygen atoms in total. The van der Waals surface area contributed by atoms with Crippen molar-refractivity contribution in [3.63, 3.8) is 0 Å². The number of carbonyl (C=O) groups is 1. The van der Waals surface area contributed by atoms with E-state index in [1.54, 1.807) is 6.20 Å². The van der Waals surface area contributed by atoms with E-state index in [1.165, 1.54) is 0 Å². The van der Waals surface area contributed by atoms with Gasteiger partial charge in [0.2, 0.25) is 5.91 Å². The first-order valence-electron chi connectivity index (χ1n) is 6.94. The van der Waals surface area contributed by atoms with Gasteiger partial charge in [0, 0.05) is 15.6 Å². The molecule has 0 atom stereocenters. The van der Waals surface area contributed by atoms with E-state index in [0.29, 0.717) is 6.42 Å². The van der Waals surface area contributed by atoms with Crippen LogP contribution in [0, 0.1) is 0 Å². The van der Waals surface area contributed by atoms with Gasteiger partial charge in [-0.2, -0.15) is 5.10 Å². The molecule has 0 spiro atoms. The molecule has 0 aliphatic carbocycles. The Morgan fingerprint density at radius 2 is 1.86 bits per heavy atom. The number of fused-ring (bicyclic) bond motifs is 3. The van der Waals surface area contributed by atoms with Crippen LogP contribution in [0.25, 0.3) is 16.9 Å². The number of benzene rings is 2. The Bertz CT molecular complexity index is 868. The summed E-state index contributed by atoms with van der Waals surface area (Å²) in [6.07, 6.45) is 2.11. The molecule has 0 radical (unpaired) electrons. The third kappa shape index (κ3) is 2.14. The Morgan fingerprint density at radius 1 is 1.09 bits per heavy atom. The second kappa shape index (κ2) is 5.10. The molecule has 1 N–H and O–H groups in total. The highest BCUT2D eigenvalue weighted by atomic mass is 79.9. The number of carbonyl (C=O) groups excluding carboxylic acids is 1. The molecule has 0 saturated heterocycles. The topological polar surface area (TPSA) is 46.9 Å². The Kier molecular flexibility index (Phi) is 3.08. The molecular formula is C17H12BrN3O. The van der Waals surface area contributed by atoms with Gasteiger partial charge in [0.25, 0.3) is 0 Å². The molecule has 1 amide bonds. The third-order valence-electron chi connectivity index (χ3n) is 3.72. The summed E-state index contributed by atoms with van der Waals surface area (Å²) in [6.45, 7) is 0. The summed E-state index contributed by atoms with van der Waals surface area (Å²) in [6, 6.07) is 15.8. The first-order chi connectivity index (χ1) is 10.7. The summed E-state index contributed by atoms with van der Waals surface area (Å²) in [5, 5.41) is 7.45. The first-order valence-corrected chi connectivity index (χ1v) is 7.74. The van der Waals surface area contributed by atoms with E-state index in [9.17, 15) is 4.79 Å². The average Bonchev–Trinajstić information content (AvgIpc) is 2.86. The van der Waals surface area contributed by atoms with Crippen molar-refractivity contribution in [1.82, 2.24) is 9.78 Å². The number of nitrogens with zero attached hydrogens (tertiary/aromatic N) is 2. The van der Waals surface area contributed by atoms with Crippen LogP contribution in [-0.4, -0.2) is 15.7 Å². The minimum Gasteiger partial charge on any atom is -0.325 e. The fourth-order valence-electron chi connectivity index (χ4n) is 2.74. The van der Waals surface area contributed by atoms with Gasteiger partial charge in [-0.1, -0.05) is 34.1 Å². The zero-order valence-electron chi connectivity index (χ0n) is 11.6. The van der Waals surface area contributed by atoms with Crippen LogP contribution in [0.4, 0.5) is 5.69 Å². The number of hydrogen-bond acceptors (Lipinski definition) is 2. The quantitative estimate of drug-likeness (QED) is 0.723. The fraction of sp³-hybridized carbons (Fsp3) is 0.0588. The lowest BCUT2D eigenvalue weighted by Crippen LogP contribution is -2.12. The van der Waals surface area contributed by atoms with Gasteiger partial charge < -0.3 is 5.32 Å². The predicted molar refractivity (Wildman–Crippen MR) is 89.0 cm³/mol. The van der Waals surface area contributed by atoms with Crippen LogP contribution in [0.15, 0.2) is 59.2 Å². The SMILES string of the molecule is O=C1Cc2cnn(-c3ccc(Br)cc3)c2-c2ccccc2N1. The van der Waals surface area contributed by atoms with Crippen molar-refractivity contribution >= 4 is 27.5 Å². The maximum atomic E-state index is 12.0. The summed E-state index contributed by atoms with van der Waals surface area (Å²) < 4.78 is 2.91. The first kappa shape index (κ1) is 13.3. The number of aromatic nitrogens is 2. The van der Waals surface area contributed by atoms with Gasteiger partial charge in [-0.3, -0.25) is 4.79 Å². The number of rotatable bonds is 1. The highest BCUT2D eigenvalue weighted by Gasteiger charge is 2.23. The summed E-state index contributed by atoms with van der Waals surface area (Å²) >= 11 is 3.45. The molecule has 1 aliphatic heterocycles. The molecule has 2 heterocycles. The van der Waals surface area contributed by atoms with Crippen molar-refractivity contribution in [2.45, 2.75) is 6.42 Å². The third-order valence-corrected chi connectivity index (χ3v) is 4.25. The predicted octanol–water partition coefficient (Wildman–Crippen LogP) is 3.80. The fourth-order valence-corrected chi connectivity index (χ4v) is 3.01. The number of halogens is 1. The Balaban J connectivity index is 1.97. The summed E-state index contributed by atoms with van der Waals surface area (Å²) in [4.78, 5) is 12.0. The van der Waals surface area contributed by atoms with Gasteiger partial charge in [0.05, 0.1) is 29.7 Å². The molecule has 1 aliphatic rings. The van der Waals surface area contributed by atoms with E-state index in [4.69, 9.17) is 0 Å². The minimum absolute atomic E-state index is 0.0124. The van der Waals surface area contributed by atoms with Crippen LogP contribution < -0.4 is 5.32 Å². The normalized spacial score (nSPS) is 13.0. The monoisotopic (exact) mass is 353 g/mol. The maximum absolute atomic E-state index is 12.0. The zero-order valence-corrected chi connectivity index (χ0v) is 13.2. The Labute approximate surface area is 135 Å². The lowest BCUT2D eigenvalue weighted by molar-refractivity contribution is -0.115. The van der Waals surface area contributed by atoms with Crippen LogP contribution in [0.2, 0.25) is 0 Å². The number of anilines is 1. The minimum atomic E-state index is -0.0124. The molecule has 5 heteroatoms. The highest BCUT2D eigenvalue weighted by molar-refractivity contribution is 9.10. The molecule has 4 rings (SSSR count). The molecular weight excluding hydrogens is 342 g/mol. The Morgan fingerprint density at radius 3 is 2.68 bits per heavy atom. The van der Waals surface area contributed by atoms with Gasteiger partial charge >= 0.3 is 0 Å². The number of nitrogens with one attached hydrogen (secondary N) is 1. The summed E-state index contributed by atoms with van der Waals surface area (Å²) in [7, 11) is 0. The second-order valence-corrected chi connectivity index (χ2v) is 6.09. The van der Waals surface area contributed by atoms with Crippen LogP contribution in [-0.2, 0) is 11.2 Å². The number of amides is 1. The van der Waals surface area contributed by atoms with Gasteiger partial charge in [-0.15, -0.1) is 0 Å². The van der Waals surface area contributed by atoms with E-state index in [0.717, 1.165) is 32.7 Å². The van der Waals surface area contributed by atoms with Gasteiger partial charge in [-0.05, 0) is 30.3 Å². The van der Waals surface area contributed by atoms with Crippen molar-refractivity contribution in [1.29, 1.82) is 0 Å². The van der Waals surface area contributed by atoms with E-state index >= 15 is 0 Å². The van der Waals surface area contributed by atoms with E-state index in [-0.39, 0.29) is 5.91 Å². The molecule has 22 heavy (non-hydrogen) atoms. The Hall–Kier alpha value is -2.40. The largest absolute Gasteiger partial charge is 0.325 e. The van der Waals surface area contributed by atoms with Gasteiger partial charge in [0.1, 0.15) is 0 Å². The van der Waals surface area contributed by atoms with Crippen molar-refractivity contribution in [3.05, 3.63) is 64.8 Å². The van der Waals surface area contributed by atoms with Gasteiger partial charge in [0.15, 0.2) is 0 Å². The van der Waals surface area contributed by atoms with Crippen molar-refractivity contribution in [2.24, 2.45) is 0 Å². The summed E-state index contributed by atoms with van der Waals surface area (Å²) in [5.74, 6) is -0.0124. The van der Waals surface area contributed by atoms with Crippen molar-refractivity contribution in [3.8, 4) is 16.9 Å². The standard InChI is InChI=1S/C17H12BrN3O/c18-12-5-7-13(8-6-12)21-17-11(10-19-21)9-16(22)20-15-4-2-1-3-14(15)17/h1-8,10H,9H2,(H,20,22). The van der Waals surface area contributed by atoms with Crippen LogP contribution >= 0.6 is 15.9 Å². The van der Waals surface area contributed by atoms with Gasteiger partial charge in [-0.25, -0.2) is 4.68 Å². The van der Waals surface area contributed by atoms with E-state index in [2.05, 4.69) is 26.3 Å². The molecule has 0 fully saturated rings. The van der Waals surface area contributed by atoms with E-state index in [1.807, 2.05) is 53.2 Å². The molecule has 2 aromatic carbocycles. The molecule has 3 aromatic rings. The molecule has 1 aromatic heterocycles. The molecule has 108 valence electrons. The smallest absolute Gasteiger partial charge is 0.228 e. The van der Waals surface area contributed by atoms with Crippen LogP contribution in [0.3, 0.4) is 0 Å². The van der Waals surface area contributed by atoms with E-state index < -0.39 is 0 Å². The highest BCUT2D eigenvalue weighted by Crippen LogP contribution is 2.35.